The summed E-state index contributed by atoms with van der Waals surface area (Å²) < 4.78 is 0. The van der Waals surface area contributed by atoms with Gasteiger partial charge in [0.2, 0.25) is 0 Å². The molecule has 2 heterocycles. The van der Waals surface area contributed by atoms with Gasteiger partial charge < -0.3 is 5.32 Å². The van der Waals surface area contributed by atoms with E-state index < -0.39 is 0 Å². The van der Waals surface area contributed by atoms with E-state index in [4.69, 9.17) is 0 Å². The lowest BCUT2D eigenvalue weighted by Gasteiger charge is -2.20. The molecule has 2 aliphatic heterocycles. The van der Waals surface area contributed by atoms with Crippen molar-refractivity contribution in [1.82, 2.24) is 5.32 Å². The molecule has 2 rings (SSSR count). The maximum atomic E-state index is 4.37. The Balaban J connectivity index is 2.19. The number of fused-ring (bicyclic) bond motifs is 1. The van der Waals surface area contributed by atoms with Crippen molar-refractivity contribution in [3.63, 3.8) is 0 Å². The van der Waals surface area contributed by atoms with E-state index in [1.165, 1.54) is 10.7 Å². The van der Waals surface area contributed by atoms with Crippen molar-refractivity contribution >= 4 is 17.6 Å². The van der Waals surface area contributed by atoms with E-state index in [9.17, 15) is 0 Å². The highest BCUT2D eigenvalue weighted by Gasteiger charge is 2.14. The summed E-state index contributed by atoms with van der Waals surface area (Å²) in [5, 5.41) is 3.28. The lowest BCUT2D eigenvalue weighted by atomic mass is 10.3. The predicted molar refractivity (Wildman–Crippen MR) is 45.5 cm³/mol. The maximum absolute atomic E-state index is 4.37. The smallest absolute Gasteiger partial charge is 0.134 e. The summed E-state index contributed by atoms with van der Waals surface area (Å²) in [5.41, 5.74) is 0. The highest BCUT2D eigenvalue weighted by molar-refractivity contribution is 8.04. The van der Waals surface area contributed by atoms with Gasteiger partial charge in [0.1, 0.15) is 5.84 Å². The minimum atomic E-state index is 0.965. The van der Waals surface area contributed by atoms with Gasteiger partial charge >= 0.3 is 0 Å². The first-order valence-corrected chi connectivity index (χ1v) is 4.57. The number of dihydropyridines is 1. The topological polar surface area (TPSA) is 24.4 Å². The Morgan fingerprint density at radius 2 is 2.60 bits per heavy atom. The summed E-state index contributed by atoms with van der Waals surface area (Å²) in [6, 6.07) is 0. The van der Waals surface area contributed by atoms with Crippen molar-refractivity contribution in [3.8, 4) is 0 Å². The van der Waals surface area contributed by atoms with Crippen LogP contribution in [0.25, 0.3) is 0 Å². The first-order valence-electron chi connectivity index (χ1n) is 3.58. The van der Waals surface area contributed by atoms with Crippen molar-refractivity contribution < 1.29 is 0 Å². The van der Waals surface area contributed by atoms with Crippen LogP contribution in [0.1, 0.15) is 6.42 Å². The van der Waals surface area contributed by atoms with E-state index in [0.29, 0.717) is 0 Å². The second-order valence-corrected chi connectivity index (χ2v) is 3.50. The Morgan fingerprint density at radius 1 is 1.60 bits per heavy atom. The molecule has 10 heavy (non-hydrogen) atoms. The van der Waals surface area contributed by atoms with E-state index in [0.717, 1.165) is 25.3 Å². The minimum Gasteiger partial charge on any atom is -0.369 e. The van der Waals surface area contributed by atoms with Crippen LogP contribution in [0.3, 0.4) is 0 Å². The molecule has 0 aliphatic carbocycles. The van der Waals surface area contributed by atoms with Crippen LogP contribution in [0.4, 0.5) is 0 Å². The van der Waals surface area contributed by atoms with E-state index in [1.54, 1.807) is 0 Å². The lowest BCUT2D eigenvalue weighted by molar-refractivity contribution is 0.910. The van der Waals surface area contributed by atoms with Crippen LogP contribution in [-0.4, -0.2) is 24.7 Å². The van der Waals surface area contributed by atoms with Gasteiger partial charge in [-0.25, -0.2) is 0 Å². The molecule has 3 heteroatoms. The van der Waals surface area contributed by atoms with Crippen molar-refractivity contribution in [2.24, 2.45) is 4.99 Å². The number of hydrogen-bond donors (Lipinski definition) is 1. The Bertz CT molecular complexity index is 174. The number of rotatable bonds is 0. The first-order chi connectivity index (χ1) is 4.97. The van der Waals surface area contributed by atoms with Crippen LogP contribution in [-0.2, 0) is 0 Å². The van der Waals surface area contributed by atoms with Crippen LogP contribution in [0.5, 0.6) is 0 Å². The molecule has 0 aromatic rings. The third-order valence-electron chi connectivity index (χ3n) is 1.61. The molecule has 0 aromatic heterocycles. The molecule has 0 radical (unpaired) electrons. The second-order valence-electron chi connectivity index (χ2n) is 2.36. The molecule has 2 aliphatic rings. The van der Waals surface area contributed by atoms with Gasteiger partial charge in [0.25, 0.3) is 0 Å². The van der Waals surface area contributed by atoms with Gasteiger partial charge in [-0.05, 0) is 6.42 Å². The molecule has 0 amide bonds. The fourth-order valence-electron chi connectivity index (χ4n) is 1.15. The van der Waals surface area contributed by atoms with E-state index in [1.807, 2.05) is 11.8 Å². The van der Waals surface area contributed by atoms with E-state index >= 15 is 0 Å². The van der Waals surface area contributed by atoms with Crippen molar-refractivity contribution in [2.75, 3.05) is 18.8 Å². The fourth-order valence-corrected chi connectivity index (χ4v) is 2.08. The maximum Gasteiger partial charge on any atom is 0.134 e. The number of nitrogens with one attached hydrogen (secondary N) is 1. The Hall–Kier alpha value is -0.440. The standard InChI is InChI=1S/C7H10N2S/c1-2-6-7(8-3-1)9-4-5-10-6/h2H,1,3-5H2,(H,8,9). The fraction of sp³-hybridized carbons (Fsp3) is 0.571. The van der Waals surface area contributed by atoms with Crippen molar-refractivity contribution in [2.45, 2.75) is 6.42 Å². The summed E-state index contributed by atoms with van der Waals surface area (Å²) in [6.07, 6.45) is 3.40. The molecule has 0 bridgehead atoms. The predicted octanol–water partition coefficient (Wildman–Crippen LogP) is 1.01. The van der Waals surface area contributed by atoms with Gasteiger partial charge in [-0.1, -0.05) is 6.08 Å². The quantitative estimate of drug-likeness (QED) is 0.563. The number of amidine groups is 1. The largest absolute Gasteiger partial charge is 0.369 e. The van der Waals surface area contributed by atoms with Crippen LogP contribution in [0, 0.1) is 0 Å². The monoisotopic (exact) mass is 154 g/mol. The highest BCUT2D eigenvalue weighted by Crippen LogP contribution is 2.22. The molecule has 0 saturated carbocycles. The molecular weight excluding hydrogens is 144 g/mol. The molecule has 1 fully saturated rings. The Labute approximate surface area is 64.8 Å². The zero-order valence-electron chi connectivity index (χ0n) is 5.76. The number of nitrogens with zero attached hydrogens (tertiary/aromatic N) is 1. The molecule has 1 saturated heterocycles. The average Bonchev–Trinajstić information content (AvgIpc) is 2.05. The molecule has 0 aromatic carbocycles. The van der Waals surface area contributed by atoms with E-state index in [-0.39, 0.29) is 0 Å². The SMILES string of the molecule is C1=C2SCCNC2=NCC1. The first kappa shape index (κ1) is 6.28. The van der Waals surface area contributed by atoms with Gasteiger partial charge in [-0.15, -0.1) is 11.8 Å². The molecular formula is C7H10N2S. The lowest BCUT2D eigenvalue weighted by Crippen LogP contribution is -2.32. The zero-order chi connectivity index (χ0) is 6.81. The van der Waals surface area contributed by atoms with Crippen molar-refractivity contribution in [1.29, 1.82) is 0 Å². The third-order valence-corrected chi connectivity index (χ3v) is 2.69. The number of aliphatic imine (C=N–C) groups is 1. The second kappa shape index (κ2) is 2.66. The summed E-state index contributed by atoms with van der Waals surface area (Å²) in [6.45, 7) is 2.03. The Kier molecular flexibility index (Phi) is 1.67. The number of hydrogen-bond acceptors (Lipinski definition) is 3. The molecule has 2 nitrogen and oxygen atoms in total. The van der Waals surface area contributed by atoms with Gasteiger partial charge in [-0.2, -0.15) is 0 Å². The Morgan fingerprint density at radius 3 is 3.50 bits per heavy atom. The summed E-state index contributed by atoms with van der Waals surface area (Å²) in [5.74, 6) is 2.31. The van der Waals surface area contributed by atoms with Gasteiger partial charge in [0.05, 0.1) is 0 Å². The van der Waals surface area contributed by atoms with Gasteiger partial charge in [-0.3, -0.25) is 4.99 Å². The van der Waals surface area contributed by atoms with Gasteiger partial charge in [0.15, 0.2) is 0 Å². The number of thioether (sulfide) groups is 1. The molecule has 0 atom stereocenters. The van der Waals surface area contributed by atoms with Crippen LogP contribution < -0.4 is 5.32 Å². The van der Waals surface area contributed by atoms with Gasteiger partial charge in [0, 0.05) is 23.7 Å². The molecule has 0 spiro atoms. The minimum absolute atomic E-state index is 0.965. The molecule has 54 valence electrons. The third kappa shape index (κ3) is 1.06. The summed E-state index contributed by atoms with van der Waals surface area (Å²) in [7, 11) is 0. The summed E-state index contributed by atoms with van der Waals surface area (Å²) >= 11 is 1.91. The zero-order valence-corrected chi connectivity index (χ0v) is 6.58. The van der Waals surface area contributed by atoms with Crippen molar-refractivity contribution in [3.05, 3.63) is 11.0 Å². The van der Waals surface area contributed by atoms with E-state index in [2.05, 4.69) is 16.4 Å². The van der Waals surface area contributed by atoms with Crippen LogP contribution in [0.2, 0.25) is 0 Å². The molecule has 1 N–H and O–H groups in total. The summed E-state index contributed by atoms with van der Waals surface area (Å²) in [4.78, 5) is 5.73. The average molecular weight is 154 g/mol. The normalized spacial score (nSPS) is 24.0. The van der Waals surface area contributed by atoms with Crippen LogP contribution >= 0.6 is 11.8 Å². The molecule has 0 unspecified atom stereocenters. The highest BCUT2D eigenvalue weighted by atomic mass is 32.2. The van der Waals surface area contributed by atoms with Crippen LogP contribution in [0.15, 0.2) is 16.0 Å².